The van der Waals surface area contributed by atoms with E-state index in [0.717, 1.165) is 140 Å². The normalized spacial score (nSPS) is 19.1. The van der Waals surface area contributed by atoms with Crippen LogP contribution in [0.25, 0.3) is 0 Å². The number of methoxy groups -OCH3 is 3. The zero-order valence-corrected chi connectivity index (χ0v) is 85.0. The Morgan fingerprint density at radius 2 is 0.566 bits per heavy atom. The number of aliphatic hydroxyl groups excluding tert-OH is 2. The predicted octanol–water partition coefficient (Wildman–Crippen LogP) is 19.6. The third-order valence-electron chi connectivity index (χ3n) is 26.5. The summed E-state index contributed by atoms with van der Waals surface area (Å²) in [4.78, 5) is 24.2. The SMILES string of the molecule is CC(C)(C)c1ccc(N2CCOC(CO)C2)cc1.CC(C)(C)c1ccc(N2CCOCC2)cc1.CCN1CCN(c2ccc(C(C)(C)C)cc2)CC1.CN1CCN(c2ccc(C(C)(C)C)cc2)CC1.COc1cc(C(C)(C)C)ccc1N1CCN(C2CCC2)CC1.COc1cc(C(C)(C)C)ccc1N1CCOC(CO)C1.COc1cc(C(C)(C)C)ccc1N1CCOCC1. The monoisotopic (exact) mass is 1780 g/mol. The molecule has 2 N–H and O–H groups in total. The quantitative estimate of drug-likeness (QED) is 0.107. The van der Waals surface area contributed by atoms with Crippen LogP contribution in [0.1, 0.15) is 211 Å². The zero-order chi connectivity index (χ0) is 94.1. The average Bonchev–Trinajstić information content (AvgIpc) is 0.806. The first kappa shape index (κ1) is 105. The van der Waals surface area contributed by atoms with Gasteiger partial charge in [0, 0.05) is 160 Å². The maximum Gasteiger partial charge on any atom is 0.142 e. The summed E-state index contributed by atoms with van der Waals surface area (Å²) in [7, 11) is 7.43. The van der Waals surface area contributed by atoms with Crippen molar-refractivity contribution in [3.63, 3.8) is 0 Å². The lowest BCUT2D eigenvalue weighted by atomic mass is 9.86. The minimum Gasteiger partial charge on any atom is -0.495 e. The fourth-order valence-electron chi connectivity index (χ4n) is 17.1. The summed E-state index contributed by atoms with van der Waals surface area (Å²) in [5, 5.41) is 18.4. The first-order chi connectivity index (χ1) is 61.0. The fourth-order valence-corrected chi connectivity index (χ4v) is 17.1. The molecule has 8 aliphatic rings. The van der Waals surface area contributed by atoms with Crippen LogP contribution >= 0.6 is 0 Å². The van der Waals surface area contributed by atoms with Gasteiger partial charge < -0.3 is 87.5 Å². The Hall–Kier alpha value is -7.82. The minimum absolute atomic E-state index is 0.0545. The summed E-state index contributed by atoms with van der Waals surface area (Å²) in [6, 6.07) is 56.4. The Balaban J connectivity index is 0.000000170. The summed E-state index contributed by atoms with van der Waals surface area (Å²) >= 11 is 0. The topological polar surface area (TPSA) is 137 Å². The van der Waals surface area contributed by atoms with Crippen LogP contribution in [0, 0.1) is 0 Å². The Labute approximate surface area is 782 Å². The van der Waals surface area contributed by atoms with Gasteiger partial charge in [-0.25, -0.2) is 0 Å². The first-order valence-electron chi connectivity index (χ1n) is 48.5. The number of ether oxygens (including phenoxy) is 7. The van der Waals surface area contributed by atoms with Crippen LogP contribution in [-0.4, -0.2) is 262 Å². The second-order valence-corrected chi connectivity index (χ2v) is 43.4. The van der Waals surface area contributed by atoms with Crippen molar-refractivity contribution in [2.45, 2.75) is 228 Å². The molecule has 0 bridgehead atoms. The highest BCUT2D eigenvalue weighted by Gasteiger charge is 2.32. The minimum atomic E-state index is -0.115. The van der Waals surface area contributed by atoms with Crippen LogP contribution in [0.4, 0.5) is 39.8 Å². The molecule has 8 fully saturated rings. The van der Waals surface area contributed by atoms with Crippen molar-refractivity contribution in [3.8, 4) is 17.2 Å². The number of piperazine rings is 3. The fraction of sp³-hybridized carbons (Fsp3) is 0.618. The van der Waals surface area contributed by atoms with E-state index in [2.05, 4.69) is 360 Å². The molecule has 19 nitrogen and oxygen atoms in total. The smallest absolute Gasteiger partial charge is 0.142 e. The third-order valence-corrected chi connectivity index (χ3v) is 26.5. The molecular formula is C110H172N10O9. The lowest BCUT2D eigenvalue weighted by Crippen LogP contribution is -2.52. The molecule has 1 saturated carbocycles. The molecule has 716 valence electrons. The maximum atomic E-state index is 9.25. The second kappa shape index (κ2) is 48.2. The lowest BCUT2D eigenvalue weighted by molar-refractivity contribution is 0.00346. The van der Waals surface area contributed by atoms with E-state index in [4.69, 9.17) is 38.3 Å². The van der Waals surface area contributed by atoms with Gasteiger partial charge >= 0.3 is 0 Å². The number of aliphatic hydroxyl groups is 2. The Bertz CT molecular complexity index is 4380. The zero-order valence-electron chi connectivity index (χ0n) is 85.0. The van der Waals surface area contributed by atoms with Gasteiger partial charge in [0.15, 0.2) is 0 Å². The molecule has 7 saturated heterocycles. The highest BCUT2D eigenvalue weighted by atomic mass is 16.5. The van der Waals surface area contributed by atoms with Crippen LogP contribution in [0.2, 0.25) is 0 Å². The van der Waals surface area contributed by atoms with Crippen LogP contribution in [0.3, 0.4) is 0 Å². The van der Waals surface area contributed by atoms with Crippen molar-refractivity contribution in [1.82, 2.24) is 14.7 Å². The molecule has 0 amide bonds. The van der Waals surface area contributed by atoms with E-state index in [1.165, 1.54) is 138 Å². The van der Waals surface area contributed by atoms with Crippen molar-refractivity contribution in [2.24, 2.45) is 0 Å². The van der Waals surface area contributed by atoms with E-state index in [1.54, 1.807) is 21.3 Å². The van der Waals surface area contributed by atoms with Crippen molar-refractivity contribution in [2.75, 3.05) is 253 Å². The molecule has 129 heavy (non-hydrogen) atoms. The summed E-state index contributed by atoms with van der Waals surface area (Å²) in [5.41, 5.74) is 19.6. The van der Waals surface area contributed by atoms with Gasteiger partial charge in [0.05, 0.1) is 103 Å². The van der Waals surface area contributed by atoms with Gasteiger partial charge in [0.1, 0.15) is 17.2 Å². The van der Waals surface area contributed by atoms with Crippen molar-refractivity contribution < 1.29 is 43.4 Å². The molecule has 7 aromatic carbocycles. The van der Waals surface area contributed by atoms with Crippen LogP contribution in [-0.2, 0) is 56.9 Å². The summed E-state index contributed by atoms with van der Waals surface area (Å²) < 4.78 is 38.5. The largest absolute Gasteiger partial charge is 0.495 e. The molecule has 15 rings (SSSR count). The molecule has 0 aromatic heterocycles. The predicted molar refractivity (Wildman–Crippen MR) is 545 cm³/mol. The van der Waals surface area contributed by atoms with E-state index in [-0.39, 0.29) is 63.3 Å². The van der Waals surface area contributed by atoms with Gasteiger partial charge in [0.2, 0.25) is 0 Å². The second-order valence-electron chi connectivity index (χ2n) is 43.4. The molecule has 2 unspecified atom stereocenters. The molecule has 2 atom stereocenters. The Kier molecular flexibility index (Phi) is 39.2. The molecule has 7 aliphatic heterocycles. The van der Waals surface area contributed by atoms with Crippen molar-refractivity contribution in [3.05, 3.63) is 191 Å². The summed E-state index contributed by atoms with van der Waals surface area (Å²) in [6.07, 6.45) is 4.07. The number of nitrogens with zero attached hydrogens (tertiary/aromatic N) is 10. The first-order valence-corrected chi connectivity index (χ1v) is 48.5. The Morgan fingerprint density at radius 1 is 0.302 bits per heavy atom. The number of likely N-dealkylation sites (N-methyl/N-ethyl adjacent to an activating group) is 2. The van der Waals surface area contributed by atoms with Gasteiger partial charge in [-0.1, -0.05) is 225 Å². The number of hydrogen-bond donors (Lipinski definition) is 2. The molecule has 1 aliphatic carbocycles. The third kappa shape index (κ3) is 32.0. The summed E-state index contributed by atoms with van der Waals surface area (Å²) in [5.74, 6) is 2.87. The van der Waals surface area contributed by atoms with Gasteiger partial charge in [-0.15, -0.1) is 0 Å². The number of morpholine rings is 4. The highest BCUT2D eigenvalue weighted by molar-refractivity contribution is 5.64. The molecule has 0 spiro atoms. The van der Waals surface area contributed by atoms with Crippen LogP contribution < -0.4 is 48.5 Å². The number of anilines is 7. The highest BCUT2D eigenvalue weighted by Crippen LogP contribution is 2.40. The van der Waals surface area contributed by atoms with E-state index in [0.29, 0.717) is 19.8 Å². The van der Waals surface area contributed by atoms with E-state index in [9.17, 15) is 5.11 Å². The molecule has 7 aromatic rings. The van der Waals surface area contributed by atoms with Gasteiger partial charge in [-0.2, -0.15) is 0 Å². The van der Waals surface area contributed by atoms with Crippen molar-refractivity contribution in [1.29, 1.82) is 0 Å². The number of rotatable bonds is 14. The lowest BCUT2D eigenvalue weighted by Gasteiger charge is -2.43. The number of benzene rings is 7. The Morgan fingerprint density at radius 3 is 0.868 bits per heavy atom. The van der Waals surface area contributed by atoms with Crippen LogP contribution in [0.15, 0.2) is 152 Å². The average molecular weight is 1780 g/mol. The van der Waals surface area contributed by atoms with Crippen LogP contribution in [0.5, 0.6) is 17.2 Å². The standard InChI is InChI=1S/C19H30N2O.C16H26N2.C16H25NO3.C15H24N2.2C15H23NO2.C14H21NO/c1-19(2,3)15-8-9-17(18(14-15)22-4)21-12-10-20(11-13-21)16-6-5-7-16;1-5-17-10-12-18(13-11-17)15-8-6-14(7-9-15)16(2,3)4;1-16(2,3)12-5-6-14(15(9-12)19-4)17-7-8-20-13(10-17)11-18;1-15(2,3)13-5-7-14(8-6-13)17-11-9-16(4)10-12-17;1-15(2,3)12-5-6-13(14(11-12)17-4)16-7-9-18-10-8-16;1-15(2,3)12-4-6-13(7-5-12)16-8-9-18-14(10-16)11-17;1-14(2,3)12-4-6-13(7-5-12)15-8-10-16-11-9-15/h8-9,14,16H,5-7,10-13H2,1-4H3;6-9H,5,10-13H2,1-4H3;5-6,9,13,18H,7-8,10-11H2,1-4H3;5-8H,9-12H2,1-4H3;5-6,11H,7-10H2,1-4H3;4-7,14,17H,8-11H2,1-3H3;4-7H,8-11H2,1-3H3. The van der Waals surface area contributed by atoms with Crippen molar-refractivity contribution >= 4 is 39.8 Å². The number of hydrogen-bond acceptors (Lipinski definition) is 19. The van der Waals surface area contributed by atoms with Gasteiger partial charge in [-0.3, -0.25) is 4.90 Å². The maximum absolute atomic E-state index is 9.25. The van der Waals surface area contributed by atoms with E-state index in [1.807, 2.05) is 0 Å². The molecule has 0 radical (unpaired) electrons. The van der Waals surface area contributed by atoms with E-state index >= 15 is 0 Å². The molecule has 7 heterocycles. The van der Waals surface area contributed by atoms with E-state index < -0.39 is 0 Å². The van der Waals surface area contributed by atoms with Gasteiger partial charge in [-0.05, 0) is 188 Å². The summed E-state index contributed by atoms with van der Waals surface area (Å²) in [6.45, 7) is 76.1. The molecular weight excluding hydrogens is 1610 g/mol. The van der Waals surface area contributed by atoms with Gasteiger partial charge in [0.25, 0.3) is 0 Å². The molecule has 19 heteroatoms.